The molecule has 0 saturated carbocycles. The van der Waals surface area contributed by atoms with Crippen molar-refractivity contribution < 1.29 is 19.3 Å². The van der Waals surface area contributed by atoms with E-state index in [1.54, 1.807) is 48.5 Å². The van der Waals surface area contributed by atoms with Gasteiger partial charge in [0.1, 0.15) is 17.2 Å². The van der Waals surface area contributed by atoms with Gasteiger partial charge >= 0.3 is 7.37 Å². The second-order valence-corrected chi connectivity index (χ2v) is 7.61. The molecule has 1 heterocycles. The molecule has 0 saturated heterocycles. The molecule has 0 aromatic heterocycles. The van der Waals surface area contributed by atoms with Gasteiger partial charge in [0.25, 0.3) is 0 Å². The maximum atomic E-state index is 13.7. The van der Waals surface area contributed by atoms with Crippen molar-refractivity contribution in [2.75, 3.05) is 0 Å². The van der Waals surface area contributed by atoms with Gasteiger partial charge in [0.15, 0.2) is 0 Å². The standard InChI is InChI=1S/C18H13O4P/c19-12-6-8-15-16-9-7-13(20)11-18(16)23(21,17(15)10-12)22-14-4-2-1-3-5-14/h1-11,19-20H. The first-order valence-electron chi connectivity index (χ1n) is 7.10. The second-order valence-electron chi connectivity index (χ2n) is 5.36. The summed E-state index contributed by atoms with van der Waals surface area (Å²) in [6.07, 6.45) is 0. The Labute approximate surface area is 133 Å². The van der Waals surface area contributed by atoms with Crippen LogP contribution in [-0.4, -0.2) is 10.2 Å². The van der Waals surface area contributed by atoms with E-state index in [9.17, 15) is 14.8 Å². The van der Waals surface area contributed by atoms with E-state index in [1.165, 1.54) is 12.1 Å². The zero-order chi connectivity index (χ0) is 16.0. The van der Waals surface area contributed by atoms with Crippen molar-refractivity contribution in [1.82, 2.24) is 0 Å². The van der Waals surface area contributed by atoms with Gasteiger partial charge < -0.3 is 14.7 Å². The lowest BCUT2D eigenvalue weighted by molar-refractivity contribution is 0.474. The average molecular weight is 324 g/mol. The predicted molar refractivity (Wildman–Crippen MR) is 89.2 cm³/mol. The lowest BCUT2D eigenvalue weighted by Gasteiger charge is -2.17. The minimum Gasteiger partial charge on any atom is -0.508 e. The number of aromatic hydroxyl groups is 2. The van der Waals surface area contributed by atoms with Crippen LogP contribution < -0.4 is 15.1 Å². The molecule has 0 unspecified atom stereocenters. The van der Waals surface area contributed by atoms with Crippen molar-refractivity contribution in [2.24, 2.45) is 0 Å². The third-order valence-electron chi connectivity index (χ3n) is 3.86. The van der Waals surface area contributed by atoms with Crippen LogP contribution in [0.2, 0.25) is 0 Å². The quantitative estimate of drug-likeness (QED) is 0.709. The first-order valence-corrected chi connectivity index (χ1v) is 8.73. The Morgan fingerprint density at radius 3 is 1.78 bits per heavy atom. The Balaban J connectivity index is 1.97. The molecule has 0 fully saturated rings. The van der Waals surface area contributed by atoms with Gasteiger partial charge in [0.05, 0.1) is 10.6 Å². The summed E-state index contributed by atoms with van der Waals surface area (Å²) in [7, 11) is -3.45. The monoisotopic (exact) mass is 324 g/mol. The summed E-state index contributed by atoms with van der Waals surface area (Å²) in [5, 5.41) is 20.5. The maximum Gasteiger partial charge on any atom is 0.308 e. The molecule has 4 nitrogen and oxygen atoms in total. The van der Waals surface area contributed by atoms with Crippen LogP contribution in [0.25, 0.3) is 11.1 Å². The van der Waals surface area contributed by atoms with Crippen molar-refractivity contribution in [3.05, 3.63) is 66.7 Å². The Kier molecular flexibility index (Phi) is 2.97. The molecule has 0 atom stereocenters. The molecule has 3 aromatic rings. The number of benzene rings is 3. The number of rotatable bonds is 2. The van der Waals surface area contributed by atoms with Crippen LogP contribution in [0.1, 0.15) is 0 Å². The average Bonchev–Trinajstić information content (AvgIpc) is 2.77. The Bertz CT molecular complexity index is 895. The van der Waals surface area contributed by atoms with Crippen LogP contribution in [0.4, 0.5) is 0 Å². The van der Waals surface area contributed by atoms with Gasteiger partial charge in [0.2, 0.25) is 0 Å². The molecule has 23 heavy (non-hydrogen) atoms. The summed E-state index contributed by atoms with van der Waals surface area (Å²) < 4.78 is 19.5. The second kappa shape index (κ2) is 4.90. The van der Waals surface area contributed by atoms with Gasteiger partial charge in [-0.1, -0.05) is 18.2 Å². The van der Waals surface area contributed by atoms with Gasteiger partial charge in [-0.05, 0) is 59.7 Å². The topological polar surface area (TPSA) is 66.8 Å². The SMILES string of the molecule is O=P1(Oc2ccccc2)c2cc(O)ccc2-c2ccc(O)cc21. The zero-order valence-corrected chi connectivity index (χ0v) is 12.9. The van der Waals surface area contributed by atoms with E-state index in [1.807, 2.05) is 6.07 Å². The third-order valence-corrected chi connectivity index (χ3v) is 6.34. The van der Waals surface area contributed by atoms with E-state index in [2.05, 4.69) is 0 Å². The summed E-state index contributed by atoms with van der Waals surface area (Å²) in [5.74, 6) is 0.525. The molecule has 0 bridgehead atoms. The minimum absolute atomic E-state index is 0.0256. The number of para-hydroxylation sites is 1. The zero-order valence-electron chi connectivity index (χ0n) is 12.0. The first kappa shape index (κ1) is 13.9. The highest BCUT2D eigenvalue weighted by Gasteiger charge is 2.42. The van der Waals surface area contributed by atoms with Crippen LogP contribution in [0.3, 0.4) is 0 Å². The molecule has 2 N–H and O–H groups in total. The molecule has 0 radical (unpaired) electrons. The Morgan fingerprint density at radius 1 is 0.739 bits per heavy atom. The molecule has 0 spiro atoms. The molecule has 0 amide bonds. The fraction of sp³-hybridized carbons (Fsp3) is 0. The van der Waals surface area contributed by atoms with E-state index < -0.39 is 7.37 Å². The van der Waals surface area contributed by atoms with Crippen LogP contribution in [-0.2, 0) is 4.57 Å². The van der Waals surface area contributed by atoms with Crippen molar-refractivity contribution >= 4 is 18.0 Å². The molecular weight excluding hydrogens is 311 g/mol. The van der Waals surface area contributed by atoms with Gasteiger partial charge in [-0.2, -0.15) is 0 Å². The molecule has 5 heteroatoms. The molecule has 1 aliphatic heterocycles. The summed E-state index contributed by atoms with van der Waals surface area (Å²) in [6.45, 7) is 0. The van der Waals surface area contributed by atoms with E-state index in [-0.39, 0.29) is 11.5 Å². The molecule has 3 aromatic carbocycles. The number of phenolic OH excluding ortho intramolecular Hbond substituents is 2. The Hall–Kier alpha value is -2.71. The van der Waals surface area contributed by atoms with Gasteiger partial charge in [-0.3, -0.25) is 4.57 Å². The van der Waals surface area contributed by atoms with Gasteiger partial charge in [0, 0.05) is 0 Å². The van der Waals surface area contributed by atoms with E-state index in [0.29, 0.717) is 16.4 Å². The van der Waals surface area contributed by atoms with Crippen LogP contribution in [0, 0.1) is 0 Å². The largest absolute Gasteiger partial charge is 0.508 e. The fourth-order valence-electron chi connectivity index (χ4n) is 2.84. The molecule has 1 aliphatic rings. The van der Waals surface area contributed by atoms with Crippen LogP contribution >= 0.6 is 7.37 Å². The smallest absolute Gasteiger partial charge is 0.308 e. The first-order chi connectivity index (χ1) is 11.1. The van der Waals surface area contributed by atoms with E-state index >= 15 is 0 Å². The van der Waals surface area contributed by atoms with Gasteiger partial charge in [-0.15, -0.1) is 0 Å². The molecular formula is C18H13O4P. The number of phenols is 2. The lowest BCUT2D eigenvalue weighted by Crippen LogP contribution is -2.14. The van der Waals surface area contributed by atoms with E-state index in [0.717, 1.165) is 11.1 Å². The van der Waals surface area contributed by atoms with Crippen molar-refractivity contribution in [3.8, 4) is 28.4 Å². The van der Waals surface area contributed by atoms with Crippen LogP contribution in [0.5, 0.6) is 17.2 Å². The molecule has 0 aliphatic carbocycles. The van der Waals surface area contributed by atoms with Crippen molar-refractivity contribution in [2.45, 2.75) is 0 Å². The minimum atomic E-state index is -3.45. The number of fused-ring (bicyclic) bond motifs is 3. The molecule has 114 valence electrons. The fourth-order valence-corrected chi connectivity index (χ4v) is 5.34. The number of hydrogen-bond donors (Lipinski definition) is 2. The maximum absolute atomic E-state index is 13.7. The van der Waals surface area contributed by atoms with Gasteiger partial charge in [-0.25, -0.2) is 0 Å². The normalized spacial score (nSPS) is 14.1. The highest BCUT2D eigenvalue weighted by Crippen LogP contribution is 2.54. The summed E-state index contributed by atoms with van der Waals surface area (Å²) >= 11 is 0. The lowest BCUT2D eigenvalue weighted by atomic mass is 10.1. The van der Waals surface area contributed by atoms with E-state index in [4.69, 9.17) is 4.52 Å². The van der Waals surface area contributed by atoms with Crippen molar-refractivity contribution in [3.63, 3.8) is 0 Å². The predicted octanol–water partition coefficient (Wildman–Crippen LogP) is 3.39. The Morgan fingerprint density at radius 2 is 1.26 bits per heavy atom. The highest BCUT2D eigenvalue weighted by atomic mass is 31.2. The molecule has 4 rings (SSSR count). The number of hydrogen-bond acceptors (Lipinski definition) is 4. The summed E-state index contributed by atoms with van der Waals surface area (Å²) in [4.78, 5) is 0. The summed E-state index contributed by atoms with van der Waals surface area (Å²) in [5.41, 5.74) is 1.49. The van der Waals surface area contributed by atoms with Crippen molar-refractivity contribution in [1.29, 1.82) is 0 Å². The third kappa shape index (κ3) is 2.11. The highest BCUT2D eigenvalue weighted by molar-refractivity contribution is 7.76. The summed E-state index contributed by atoms with van der Waals surface area (Å²) in [6, 6.07) is 18.4. The van der Waals surface area contributed by atoms with Crippen LogP contribution in [0.15, 0.2) is 66.7 Å².